The van der Waals surface area contributed by atoms with Crippen molar-refractivity contribution in [3.8, 4) is 11.5 Å². The second-order valence-corrected chi connectivity index (χ2v) is 4.27. The first-order valence-corrected chi connectivity index (χ1v) is 5.74. The van der Waals surface area contributed by atoms with Crippen molar-refractivity contribution in [2.75, 3.05) is 0 Å². The number of fused-ring (bicyclic) bond motifs is 1. The van der Waals surface area contributed by atoms with E-state index in [-0.39, 0.29) is 23.0 Å². The number of ether oxygens (including phenoxy) is 1. The van der Waals surface area contributed by atoms with Crippen LogP contribution in [0.4, 0.5) is 0 Å². The van der Waals surface area contributed by atoms with E-state index in [0.29, 0.717) is 15.9 Å². The number of aromatic hydroxyl groups is 1. The highest BCUT2D eigenvalue weighted by Gasteiger charge is 2.27. The highest BCUT2D eigenvalue weighted by atomic mass is 16.5. The van der Waals surface area contributed by atoms with Gasteiger partial charge in [0.2, 0.25) is 5.78 Å². The molecule has 2 N–H and O–H groups in total. The summed E-state index contributed by atoms with van der Waals surface area (Å²) in [5.41, 5.74) is 0.220. The number of hydrogen-bond donors (Lipinski definition) is 2. The van der Waals surface area contributed by atoms with Crippen molar-refractivity contribution >= 4 is 11.9 Å². The van der Waals surface area contributed by atoms with E-state index in [0.717, 1.165) is 0 Å². The van der Waals surface area contributed by atoms with E-state index in [1.165, 1.54) is 42.6 Å². The number of hydrogen-bond acceptors (Lipinski definition) is 5. The maximum absolute atomic E-state index is 12.1. The number of aromatic nitrogens is 1. The number of nitrogens with zero attached hydrogens (tertiary/aromatic N) is 1. The minimum Gasteiger partial charge on any atom is -0.508 e. The highest BCUT2D eigenvalue weighted by molar-refractivity contribution is 6.14. The number of rotatable bonds is 1. The van der Waals surface area contributed by atoms with Crippen molar-refractivity contribution in [3.63, 3.8) is 0 Å². The zero-order valence-electron chi connectivity index (χ0n) is 10.1. The van der Waals surface area contributed by atoms with Crippen LogP contribution >= 0.6 is 0 Å². The summed E-state index contributed by atoms with van der Waals surface area (Å²) >= 11 is 0. The molecular weight excluding hydrogens is 262 g/mol. The van der Waals surface area contributed by atoms with Crippen LogP contribution in [0.2, 0.25) is 0 Å². The summed E-state index contributed by atoms with van der Waals surface area (Å²) in [4.78, 5) is 23.1. The topological polar surface area (TPSA) is 88.8 Å². The summed E-state index contributed by atoms with van der Waals surface area (Å²) in [6, 6.07) is 6.85. The largest absolute Gasteiger partial charge is 0.508 e. The van der Waals surface area contributed by atoms with Gasteiger partial charge in [-0.2, -0.15) is 4.73 Å². The number of pyridine rings is 1. The van der Waals surface area contributed by atoms with Crippen LogP contribution in [0, 0.1) is 0 Å². The molecule has 6 nitrogen and oxygen atoms in total. The Morgan fingerprint density at radius 3 is 2.70 bits per heavy atom. The van der Waals surface area contributed by atoms with Gasteiger partial charge in [-0.3, -0.25) is 9.59 Å². The Morgan fingerprint density at radius 2 is 1.95 bits per heavy atom. The molecule has 0 spiro atoms. The van der Waals surface area contributed by atoms with Gasteiger partial charge in [-0.1, -0.05) is 0 Å². The van der Waals surface area contributed by atoms with Gasteiger partial charge in [0.05, 0.1) is 11.8 Å². The lowest BCUT2D eigenvalue weighted by Crippen LogP contribution is -2.15. The van der Waals surface area contributed by atoms with Crippen molar-refractivity contribution in [2.24, 2.45) is 0 Å². The summed E-state index contributed by atoms with van der Waals surface area (Å²) in [5, 5.41) is 18.6. The van der Waals surface area contributed by atoms with E-state index in [9.17, 15) is 19.9 Å². The van der Waals surface area contributed by atoms with Crippen LogP contribution < -0.4 is 10.3 Å². The maximum atomic E-state index is 12.1. The van der Waals surface area contributed by atoms with Gasteiger partial charge in [0.1, 0.15) is 11.5 Å². The van der Waals surface area contributed by atoms with Crippen molar-refractivity contribution in [1.82, 2.24) is 4.73 Å². The van der Waals surface area contributed by atoms with Gasteiger partial charge in [0, 0.05) is 12.1 Å². The number of benzene rings is 1. The fraction of sp³-hybridized carbons (Fsp3) is 0. The second kappa shape index (κ2) is 4.27. The Bertz CT molecular complexity index is 803. The van der Waals surface area contributed by atoms with E-state index in [1.54, 1.807) is 0 Å². The van der Waals surface area contributed by atoms with Crippen molar-refractivity contribution < 1.29 is 19.8 Å². The summed E-state index contributed by atoms with van der Waals surface area (Å²) < 4.78 is 5.78. The molecule has 1 aliphatic rings. The van der Waals surface area contributed by atoms with Crippen molar-refractivity contribution in [3.05, 3.63) is 63.8 Å². The number of carbonyl (C=O) groups excluding carboxylic acids is 1. The van der Waals surface area contributed by atoms with Crippen LogP contribution in [0.5, 0.6) is 11.5 Å². The fourth-order valence-electron chi connectivity index (χ4n) is 1.90. The first-order valence-electron chi connectivity index (χ1n) is 5.74. The van der Waals surface area contributed by atoms with Crippen molar-refractivity contribution in [1.29, 1.82) is 0 Å². The van der Waals surface area contributed by atoms with Crippen LogP contribution in [0.15, 0.2) is 47.1 Å². The Hall–Kier alpha value is -3.02. The van der Waals surface area contributed by atoms with E-state index in [2.05, 4.69) is 0 Å². The molecule has 100 valence electrons. The molecule has 20 heavy (non-hydrogen) atoms. The lowest BCUT2D eigenvalue weighted by atomic mass is 10.1. The van der Waals surface area contributed by atoms with Gasteiger partial charge in [-0.05, 0) is 29.8 Å². The molecule has 0 bridgehead atoms. The molecule has 1 aromatic carbocycles. The predicted octanol–water partition coefficient (Wildman–Crippen LogP) is 1.41. The zero-order valence-corrected chi connectivity index (χ0v) is 10.1. The van der Waals surface area contributed by atoms with Gasteiger partial charge in [0.15, 0.2) is 5.76 Å². The van der Waals surface area contributed by atoms with Gasteiger partial charge in [-0.15, -0.1) is 0 Å². The van der Waals surface area contributed by atoms with Crippen molar-refractivity contribution in [2.45, 2.75) is 0 Å². The molecule has 0 atom stereocenters. The second-order valence-electron chi connectivity index (χ2n) is 4.27. The van der Waals surface area contributed by atoms with E-state index in [4.69, 9.17) is 4.74 Å². The van der Waals surface area contributed by atoms with Crippen LogP contribution in [-0.4, -0.2) is 20.8 Å². The Labute approximate surface area is 112 Å². The Kier molecular flexibility index (Phi) is 2.57. The molecule has 0 saturated carbocycles. The third-order valence-electron chi connectivity index (χ3n) is 2.87. The molecular formula is C14H9NO5. The number of phenols is 1. The lowest BCUT2D eigenvalue weighted by Gasteiger charge is -2.00. The number of carbonyl (C=O) groups is 1. The summed E-state index contributed by atoms with van der Waals surface area (Å²) in [6.45, 7) is 0. The predicted molar refractivity (Wildman–Crippen MR) is 68.9 cm³/mol. The molecule has 2 aromatic rings. The SMILES string of the molecule is O=C1/C(=C/c2ccc(=O)n(O)c2)Oc2cc(O)ccc21. The van der Waals surface area contributed by atoms with Crippen LogP contribution in [0.25, 0.3) is 6.08 Å². The van der Waals surface area contributed by atoms with Crippen LogP contribution in [0.3, 0.4) is 0 Å². The minimum atomic E-state index is -0.570. The summed E-state index contributed by atoms with van der Waals surface area (Å²) in [7, 11) is 0. The molecule has 1 aliphatic heterocycles. The Balaban J connectivity index is 2.01. The standard InChI is InChI=1S/C14H9NO5/c16-9-2-3-10-11(6-9)20-12(14(10)18)5-8-1-4-13(17)15(19)7-8/h1-7,16,19H/b12-5-. The lowest BCUT2D eigenvalue weighted by molar-refractivity contribution is 0.101. The highest BCUT2D eigenvalue weighted by Crippen LogP contribution is 2.34. The van der Waals surface area contributed by atoms with Gasteiger partial charge in [-0.25, -0.2) is 0 Å². The first-order chi connectivity index (χ1) is 9.54. The normalized spacial score (nSPS) is 15.2. The average molecular weight is 271 g/mol. The summed E-state index contributed by atoms with van der Waals surface area (Å²) in [5.74, 6) is 0.0141. The molecule has 0 radical (unpaired) electrons. The van der Waals surface area contributed by atoms with Gasteiger partial charge in [0.25, 0.3) is 5.56 Å². The van der Waals surface area contributed by atoms with Crippen LogP contribution in [-0.2, 0) is 0 Å². The molecule has 0 aliphatic carbocycles. The molecule has 0 amide bonds. The van der Waals surface area contributed by atoms with Gasteiger partial charge < -0.3 is 15.1 Å². The molecule has 0 unspecified atom stereocenters. The number of phenolic OH excluding ortho intramolecular Hbond substituents is 1. The minimum absolute atomic E-state index is 0.00158. The molecule has 3 rings (SSSR count). The molecule has 0 saturated heterocycles. The maximum Gasteiger partial charge on any atom is 0.282 e. The first kappa shape index (κ1) is 12.0. The number of allylic oxidation sites excluding steroid dienone is 1. The molecule has 2 heterocycles. The van der Waals surface area contributed by atoms with E-state index in [1.807, 2.05) is 0 Å². The smallest absolute Gasteiger partial charge is 0.282 e. The molecule has 0 fully saturated rings. The van der Waals surface area contributed by atoms with E-state index >= 15 is 0 Å². The molecule has 1 aromatic heterocycles. The molecule has 6 heteroatoms. The number of Topliss-reactive ketones (excluding diaryl/α,β-unsaturated/α-hetero) is 1. The monoisotopic (exact) mass is 271 g/mol. The number of ketones is 1. The fourth-order valence-corrected chi connectivity index (χ4v) is 1.90. The zero-order chi connectivity index (χ0) is 14.3. The third kappa shape index (κ3) is 1.93. The van der Waals surface area contributed by atoms with Crippen LogP contribution in [0.1, 0.15) is 15.9 Å². The average Bonchev–Trinajstić information content (AvgIpc) is 2.70. The van der Waals surface area contributed by atoms with Gasteiger partial charge >= 0.3 is 0 Å². The van der Waals surface area contributed by atoms with E-state index < -0.39 is 5.56 Å². The Morgan fingerprint density at radius 1 is 1.15 bits per heavy atom. The quantitative estimate of drug-likeness (QED) is 0.604. The third-order valence-corrected chi connectivity index (χ3v) is 2.87. The summed E-state index contributed by atoms with van der Waals surface area (Å²) in [6.07, 6.45) is 2.58.